The first-order valence-corrected chi connectivity index (χ1v) is 5.34. The molecule has 1 aromatic rings. The molecule has 1 heterocycles. The lowest BCUT2D eigenvalue weighted by atomic mass is 9.95. The zero-order valence-electron chi connectivity index (χ0n) is 8.90. The fraction of sp³-hybridized carbons (Fsp3) is 0.364. The number of benzene rings is 1. The summed E-state index contributed by atoms with van der Waals surface area (Å²) >= 11 is 5.83. The van der Waals surface area contributed by atoms with Crippen LogP contribution in [0.25, 0.3) is 0 Å². The summed E-state index contributed by atoms with van der Waals surface area (Å²) in [6, 6.07) is 4.96. The third-order valence-corrected chi connectivity index (χ3v) is 2.96. The average Bonchev–Trinajstić information content (AvgIpc) is 2.17. The molecule has 0 aromatic heterocycles. The molecule has 16 heavy (non-hydrogen) atoms. The smallest absolute Gasteiger partial charge is 0.256 e. The average molecular weight is 241 g/mol. The van der Waals surface area contributed by atoms with Crippen molar-refractivity contribution in [2.45, 2.75) is 12.5 Å². The van der Waals surface area contributed by atoms with Crippen molar-refractivity contribution in [3.63, 3.8) is 0 Å². The molecule has 86 valence electrons. The van der Waals surface area contributed by atoms with Gasteiger partial charge in [-0.2, -0.15) is 0 Å². The standard InChI is InChI=1S/C11H13ClN2O2/c1-11(16)5-14(6-11)10(15)7-3-2-4-8(12)9(7)13/h2-4,16H,5-6,13H2,1H3. The number of halogens is 1. The Hall–Kier alpha value is -1.26. The van der Waals surface area contributed by atoms with E-state index >= 15 is 0 Å². The van der Waals surface area contributed by atoms with Crippen LogP contribution >= 0.6 is 11.6 Å². The number of nitrogen functional groups attached to an aromatic ring is 1. The molecule has 1 amide bonds. The van der Waals surface area contributed by atoms with Crippen LogP contribution in [-0.2, 0) is 0 Å². The van der Waals surface area contributed by atoms with E-state index in [0.717, 1.165) is 0 Å². The monoisotopic (exact) mass is 240 g/mol. The maximum atomic E-state index is 12.0. The first kappa shape index (κ1) is 11.2. The van der Waals surface area contributed by atoms with E-state index in [9.17, 15) is 9.90 Å². The van der Waals surface area contributed by atoms with Crippen molar-refractivity contribution in [1.29, 1.82) is 0 Å². The summed E-state index contributed by atoms with van der Waals surface area (Å²) in [6.07, 6.45) is 0. The molecule has 1 aliphatic heterocycles. The summed E-state index contributed by atoms with van der Waals surface area (Å²) in [7, 11) is 0. The molecule has 0 unspecified atom stereocenters. The minimum atomic E-state index is -0.775. The Kier molecular flexibility index (Phi) is 2.56. The van der Waals surface area contributed by atoms with E-state index in [1.165, 1.54) is 0 Å². The highest BCUT2D eigenvalue weighted by Crippen LogP contribution is 2.27. The number of nitrogens with zero attached hydrogens (tertiary/aromatic N) is 1. The number of likely N-dealkylation sites (tertiary alicyclic amines) is 1. The summed E-state index contributed by atoms with van der Waals surface area (Å²) in [5, 5.41) is 9.93. The lowest BCUT2D eigenvalue weighted by Gasteiger charge is -2.44. The number of hydrogen-bond acceptors (Lipinski definition) is 3. The highest BCUT2D eigenvalue weighted by Gasteiger charge is 2.40. The molecular weight excluding hydrogens is 228 g/mol. The molecule has 0 bridgehead atoms. The van der Waals surface area contributed by atoms with Gasteiger partial charge in [-0.05, 0) is 19.1 Å². The normalized spacial score (nSPS) is 18.1. The Labute approximate surface area is 98.6 Å². The van der Waals surface area contributed by atoms with Crippen molar-refractivity contribution in [1.82, 2.24) is 4.90 Å². The fourth-order valence-electron chi connectivity index (χ4n) is 1.81. The Morgan fingerprint density at radius 2 is 2.19 bits per heavy atom. The van der Waals surface area contributed by atoms with Crippen LogP contribution in [-0.4, -0.2) is 34.6 Å². The summed E-state index contributed by atoms with van der Waals surface area (Å²) in [4.78, 5) is 13.5. The number of anilines is 1. The molecule has 1 saturated heterocycles. The Morgan fingerprint density at radius 1 is 1.56 bits per heavy atom. The summed E-state index contributed by atoms with van der Waals surface area (Å²) < 4.78 is 0. The number of carbonyl (C=O) groups excluding carboxylic acids is 1. The molecule has 0 atom stereocenters. The summed E-state index contributed by atoms with van der Waals surface area (Å²) in [6.45, 7) is 2.35. The van der Waals surface area contributed by atoms with Crippen molar-refractivity contribution in [2.24, 2.45) is 0 Å². The quantitative estimate of drug-likeness (QED) is 0.724. The van der Waals surface area contributed by atoms with Gasteiger partial charge in [-0.3, -0.25) is 4.79 Å². The van der Waals surface area contributed by atoms with Crippen LogP contribution in [0.5, 0.6) is 0 Å². The number of carbonyl (C=O) groups is 1. The minimum absolute atomic E-state index is 0.188. The molecule has 1 aliphatic rings. The van der Waals surface area contributed by atoms with Gasteiger partial charge in [0.25, 0.3) is 5.91 Å². The van der Waals surface area contributed by atoms with Crippen LogP contribution in [0, 0.1) is 0 Å². The van der Waals surface area contributed by atoms with Gasteiger partial charge < -0.3 is 15.7 Å². The van der Waals surface area contributed by atoms with Crippen LogP contribution < -0.4 is 5.73 Å². The van der Waals surface area contributed by atoms with Crippen LogP contribution in [0.4, 0.5) is 5.69 Å². The van der Waals surface area contributed by atoms with E-state index in [-0.39, 0.29) is 5.91 Å². The number of aliphatic hydroxyl groups is 1. The van der Waals surface area contributed by atoms with Crippen molar-refractivity contribution in [3.05, 3.63) is 28.8 Å². The number of rotatable bonds is 1. The van der Waals surface area contributed by atoms with Gasteiger partial charge in [0.05, 0.1) is 35.0 Å². The molecule has 0 aliphatic carbocycles. The van der Waals surface area contributed by atoms with Crippen LogP contribution in [0.2, 0.25) is 5.02 Å². The second-order valence-corrected chi connectivity index (χ2v) is 4.77. The van der Waals surface area contributed by atoms with Crippen LogP contribution in [0.1, 0.15) is 17.3 Å². The molecule has 3 N–H and O–H groups in total. The van der Waals surface area contributed by atoms with Gasteiger partial charge in [-0.15, -0.1) is 0 Å². The molecule has 0 saturated carbocycles. The van der Waals surface area contributed by atoms with E-state index in [2.05, 4.69) is 0 Å². The van der Waals surface area contributed by atoms with Crippen LogP contribution in [0.3, 0.4) is 0 Å². The molecule has 0 spiro atoms. The van der Waals surface area contributed by atoms with E-state index < -0.39 is 5.60 Å². The zero-order valence-corrected chi connectivity index (χ0v) is 9.66. The van der Waals surface area contributed by atoms with E-state index in [1.54, 1.807) is 30.0 Å². The van der Waals surface area contributed by atoms with Gasteiger partial charge in [-0.25, -0.2) is 0 Å². The van der Waals surface area contributed by atoms with Crippen molar-refractivity contribution in [2.75, 3.05) is 18.8 Å². The van der Waals surface area contributed by atoms with Gasteiger partial charge in [0, 0.05) is 0 Å². The Bertz CT molecular complexity index is 438. The predicted octanol–water partition coefficient (Wildman–Crippen LogP) is 1.13. The van der Waals surface area contributed by atoms with Crippen LogP contribution in [0.15, 0.2) is 18.2 Å². The number of β-amino-alcohol motifs (C(OH)–C–C–N with tert-alkyl or cyclic N) is 1. The number of nitrogens with two attached hydrogens (primary N) is 1. The van der Waals surface area contributed by atoms with E-state index in [1.807, 2.05) is 0 Å². The van der Waals surface area contributed by atoms with Gasteiger partial charge >= 0.3 is 0 Å². The van der Waals surface area contributed by atoms with Gasteiger partial charge in [0.1, 0.15) is 0 Å². The van der Waals surface area contributed by atoms with Gasteiger partial charge in [0.2, 0.25) is 0 Å². The molecule has 1 fully saturated rings. The minimum Gasteiger partial charge on any atom is -0.397 e. The first-order valence-electron chi connectivity index (χ1n) is 4.96. The van der Waals surface area contributed by atoms with E-state index in [0.29, 0.717) is 29.4 Å². The molecule has 0 radical (unpaired) electrons. The summed E-state index contributed by atoms with van der Waals surface area (Å²) in [5.41, 5.74) is 5.63. The predicted molar refractivity (Wildman–Crippen MR) is 62.4 cm³/mol. The zero-order chi connectivity index (χ0) is 11.9. The highest BCUT2D eigenvalue weighted by molar-refractivity contribution is 6.33. The van der Waals surface area contributed by atoms with Crippen molar-refractivity contribution < 1.29 is 9.90 Å². The Morgan fingerprint density at radius 3 is 2.75 bits per heavy atom. The maximum absolute atomic E-state index is 12.0. The SMILES string of the molecule is CC1(O)CN(C(=O)c2cccc(Cl)c2N)C1. The van der Waals surface area contributed by atoms with Gasteiger partial charge in [0.15, 0.2) is 0 Å². The lowest BCUT2D eigenvalue weighted by Crippen LogP contribution is -2.61. The highest BCUT2D eigenvalue weighted by atomic mass is 35.5. The van der Waals surface area contributed by atoms with E-state index in [4.69, 9.17) is 17.3 Å². The van der Waals surface area contributed by atoms with Crippen molar-refractivity contribution >= 4 is 23.2 Å². The second-order valence-electron chi connectivity index (χ2n) is 4.36. The number of para-hydroxylation sites is 1. The third-order valence-electron chi connectivity index (χ3n) is 2.63. The molecule has 2 rings (SSSR count). The molecule has 4 nitrogen and oxygen atoms in total. The molecular formula is C11H13ClN2O2. The first-order chi connectivity index (χ1) is 7.41. The lowest BCUT2D eigenvalue weighted by molar-refractivity contribution is -0.0668. The number of amides is 1. The topological polar surface area (TPSA) is 66.6 Å². The summed E-state index contributed by atoms with van der Waals surface area (Å²) in [5.74, 6) is -0.188. The largest absolute Gasteiger partial charge is 0.397 e. The molecule has 1 aromatic carbocycles. The fourth-order valence-corrected chi connectivity index (χ4v) is 1.99. The second kappa shape index (κ2) is 3.64. The van der Waals surface area contributed by atoms with Crippen molar-refractivity contribution in [3.8, 4) is 0 Å². The third kappa shape index (κ3) is 1.86. The Balaban J connectivity index is 2.20. The molecule has 5 heteroatoms. The number of hydrogen-bond donors (Lipinski definition) is 2. The maximum Gasteiger partial charge on any atom is 0.256 e. The van der Waals surface area contributed by atoms with Gasteiger partial charge in [-0.1, -0.05) is 17.7 Å².